The molecule has 0 saturated heterocycles. The Morgan fingerprint density at radius 1 is 1.06 bits per heavy atom. The second kappa shape index (κ2) is 9.47. The summed E-state index contributed by atoms with van der Waals surface area (Å²) >= 11 is 0. The van der Waals surface area contributed by atoms with Gasteiger partial charge in [0.25, 0.3) is 5.91 Å². The molecule has 0 aliphatic heterocycles. The van der Waals surface area contributed by atoms with Crippen molar-refractivity contribution in [3.05, 3.63) is 77.1 Å². The fourth-order valence-electron chi connectivity index (χ4n) is 3.77. The molecule has 7 heteroatoms. The van der Waals surface area contributed by atoms with Crippen molar-refractivity contribution in [1.29, 1.82) is 0 Å². The van der Waals surface area contributed by atoms with Crippen LogP contribution in [-0.4, -0.2) is 41.9 Å². The Hall–Kier alpha value is -3.61. The minimum absolute atomic E-state index is 0.308. The van der Waals surface area contributed by atoms with Gasteiger partial charge in [-0.1, -0.05) is 30.3 Å². The average molecular weight is 419 g/mol. The van der Waals surface area contributed by atoms with Gasteiger partial charge in [-0.3, -0.25) is 4.79 Å². The molecule has 0 atom stereocenters. The number of carbonyl (C=O) groups is 2. The summed E-state index contributed by atoms with van der Waals surface area (Å²) in [6.07, 6.45) is 3.32. The van der Waals surface area contributed by atoms with Gasteiger partial charge in [0.2, 0.25) is 0 Å². The highest BCUT2D eigenvalue weighted by atomic mass is 16.5. The molecular formula is C24H25N3O4. The minimum Gasteiger partial charge on any atom is -0.497 e. The molecule has 7 nitrogen and oxygen atoms in total. The SMILES string of the molecule is COc1ccc(CCNC(=O)COC(=O)c2nn(-c3ccccc3)c3c2CCC3)cc1. The van der Waals surface area contributed by atoms with E-state index in [1.54, 1.807) is 7.11 Å². The number of hydrogen-bond acceptors (Lipinski definition) is 5. The number of nitrogens with one attached hydrogen (secondary N) is 1. The Kier molecular flexibility index (Phi) is 6.31. The number of rotatable bonds is 8. The lowest BCUT2D eigenvalue weighted by atomic mass is 10.1. The maximum absolute atomic E-state index is 12.6. The first kappa shape index (κ1) is 20.7. The molecule has 2 aromatic carbocycles. The van der Waals surface area contributed by atoms with Gasteiger partial charge in [-0.2, -0.15) is 5.10 Å². The van der Waals surface area contributed by atoms with Gasteiger partial charge >= 0.3 is 5.97 Å². The molecule has 0 spiro atoms. The molecule has 31 heavy (non-hydrogen) atoms. The zero-order valence-corrected chi connectivity index (χ0v) is 17.5. The van der Waals surface area contributed by atoms with Gasteiger partial charge in [-0.05, 0) is 55.5 Å². The van der Waals surface area contributed by atoms with E-state index in [0.29, 0.717) is 18.7 Å². The van der Waals surface area contributed by atoms with Gasteiger partial charge in [0.05, 0.1) is 12.8 Å². The van der Waals surface area contributed by atoms with Crippen LogP contribution in [-0.2, 0) is 28.8 Å². The number of hydrogen-bond donors (Lipinski definition) is 1. The smallest absolute Gasteiger partial charge is 0.359 e. The molecule has 3 aromatic rings. The predicted octanol–water partition coefficient (Wildman–Crippen LogP) is 2.89. The summed E-state index contributed by atoms with van der Waals surface area (Å²) in [6, 6.07) is 17.4. The van der Waals surface area contributed by atoms with Crippen LogP contribution in [0.2, 0.25) is 0 Å². The molecule has 0 saturated carbocycles. The summed E-state index contributed by atoms with van der Waals surface area (Å²) in [5, 5.41) is 7.27. The van der Waals surface area contributed by atoms with E-state index in [1.807, 2.05) is 59.3 Å². The summed E-state index contributed by atoms with van der Waals surface area (Å²) in [6.45, 7) is 0.134. The average Bonchev–Trinajstić information content (AvgIpc) is 3.41. The highest BCUT2D eigenvalue weighted by Gasteiger charge is 2.28. The number of nitrogens with zero attached hydrogens (tertiary/aromatic N) is 2. The van der Waals surface area contributed by atoms with Crippen molar-refractivity contribution in [2.75, 3.05) is 20.3 Å². The predicted molar refractivity (Wildman–Crippen MR) is 116 cm³/mol. The lowest BCUT2D eigenvalue weighted by Crippen LogP contribution is -2.30. The van der Waals surface area contributed by atoms with Gasteiger partial charge in [0.1, 0.15) is 5.75 Å². The van der Waals surface area contributed by atoms with Crippen molar-refractivity contribution >= 4 is 11.9 Å². The van der Waals surface area contributed by atoms with Crippen LogP contribution >= 0.6 is 0 Å². The summed E-state index contributed by atoms with van der Waals surface area (Å²) in [5.41, 5.74) is 4.27. The Morgan fingerprint density at radius 2 is 1.84 bits per heavy atom. The molecule has 1 aromatic heterocycles. The van der Waals surface area contributed by atoms with Crippen molar-refractivity contribution in [2.45, 2.75) is 25.7 Å². The van der Waals surface area contributed by atoms with Crippen LogP contribution in [0.15, 0.2) is 54.6 Å². The molecule has 1 aliphatic carbocycles. The maximum atomic E-state index is 12.6. The first-order valence-electron chi connectivity index (χ1n) is 10.4. The van der Waals surface area contributed by atoms with Crippen LogP contribution in [0.4, 0.5) is 0 Å². The zero-order valence-electron chi connectivity index (χ0n) is 17.5. The van der Waals surface area contributed by atoms with Crippen molar-refractivity contribution in [2.24, 2.45) is 0 Å². The Balaban J connectivity index is 1.31. The highest BCUT2D eigenvalue weighted by Crippen LogP contribution is 2.28. The summed E-state index contributed by atoms with van der Waals surface area (Å²) < 4.78 is 12.2. The van der Waals surface area contributed by atoms with E-state index >= 15 is 0 Å². The van der Waals surface area contributed by atoms with E-state index in [9.17, 15) is 9.59 Å². The third-order valence-corrected chi connectivity index (χ3v) is 5.35. The Labute approximate surface area is 181 Å². The van der Waals surface area contributed by atoms with Gasteiger partial charge in [0.15, 0.2) is 12.3 Å². The summed E-state index contributed by atoms with van der Waals surface area (Å²) in [4.78, 5) is 24.7. The number of carbonyl (C=O) groups excluding carboxylic acids is 2. The molecule has 1 heterocycles. The van der Waals surface area contributed by atoms with E-state index in [-0.39, 0.29) is 12.5 Å². The number of ether oxygens (including phenoxy) is 2. The van der Waals surface area contributed by atoms with E-state index in [4.69, 9.17) is 9.47 Å². The zero-order chi connectivity index (χ0) is 21.6. The summed E-state index contributed by atoms with van der Waals surface area (Å²) in [5.74, 6) is -0.0972. The van der Waals surface area contributed by atoms with Crippen molar-refractivity contribution < 1.29 is 19.1 Å². The topological polar surface area (TPSA) is 82.4 Å². The van der Waals surface area contributed by atoms with E-state index in [2.05, 4.69) is 10.4 Å². The van der Waals surface area contributed by atoms with Crippen LogP contribution in [0, 0.1) is 0 Å². The lowest BCUT2D eigenvalue weighted by Gasteiger charge is -2.07. The number of fused-ring (bicyclic) bond motifs is 1. The van der Waals surface area contributed by atoms with E-state index in [1.165, 1.54) is 0 Å². The molecule has 1 N–H and O–H groups in total. The molecular weight excluding hydrogens is 394 g/mol. The molecule has 1 amide bonds. The lowest BCUT2D eigenvalue weighted by molar-refractivity contribution is -0.124. The third kappa shape index (κ3) is 4.77. The standard InChI is InChI=1S/C24H25N3O4/c1-30-19-12-10-17(11-13-19)14-15-25-22(28)16-31-24(29)23-20-8-5-9-21(20)27(26-23)18-6-3-2-4-7-18/h2-4,6-7,10-13H,5,8-9,14-16H2,1H3,(H,25,28). The molecule has 160 valence electrons. The first-order chi connectivity index (χ1) is 15.2. The molecule has 0 radical (unpaired) electrons. The molecule has 0 bridgehead atoms. The van der Waals surface area contributed by atoms with Gasteiger partial charge < -0.3 is 14.8 Å². The van der Waals surface area contributed by atoms with Gasteiger partial charge in [0, 0.05) is 17.8 Å². The third-order valence-electron chi connectivity index (χ3n) is 5.35. The number of esters is 1. The normalized spacial score (nSPS) is 12.3. The van der Waals surface area contributed by atoms with Crippen molar-refractivity contribution in [1.82, 2.24) is 15.1 Å². The molecule has 0 fully saturated rings. The minimum atomic E-state index is -0.557. The van der Waals surface area contributed by atoms with Gasteiger partial charge in [-0.25, -0.2) is 9.48 Å². The van der Waals surface area contributed by atoms with Crippen molar-refractivity contribution in [3.63, 3.8) is 0 Å². The van der Waals surface area contributed by atoms with Crippen LogP contribution in [0.5, 0.6) is 5.75 Å². The van der Waals surface area contributed by atoms with Crippen molar-refractivity contribution in [3.8, 4) is 11.4 Å². The number of para-hydroxylation sites is 1. The first-order valence-corrected chi connectivity index (χ1v) is 10.4. The monoisotopic (exact) mass is 419 g/mol. The largest absolute Gasteiger partial charge is 0.497 e. The number of benzene rings is 2. The highest BCUT2D eigenvalue weighted by molar-refractivity contribution is 5.91. The second-order valence-corrected chi connectivity index (χ2v) is 7.40. The summed E-state index contributed by atoms with van der Waals surface area (Å²) in [7, 11) is 1.62. The quantitative estimate of drug-likeness (QED) is 0.568. The number of amides is 1. The van der Waals surface area contributed by atoms with Crippen LogP contribution < -0.4 is 10.1 Å². The van der Waals surface area contributed by atoms with Crippen LogP contribution in [0.3, 0.4) is 0 Å². The number of aromatic nitrogens is 2. The van der Waals surface area contributed by atoms with Crippen LogP contribution in [0.25, 0.3) is 5.69 Å². The second-order valence-electron chi connectivity index (χ2n) is 7.40. The van der Waals surface area contributed by atoms with Crippen LogP contribution in [0.1, 0.15) is 33.7 Å². The van der Waals surface area contributed by atoms with Gasteiger partial charge in [-0.15, -0.1) is 0 Å². The molecule has 4 rings (SSSR count). The van der Waals surface area contributed by atoms with E-state index < -0.39 is 5.97 Å². The molecule has 1 aliphatic rings. The maximum Gasteiger partial charge on any atom is 0.359 e. The fraction of sp³-hybridized carbons (Fsp3) is 0.292. The Morgan fingerprint density at radius 3 is 2.58 bits per heavy atom. The Bertz CT molecular complexity index is 1060. The fourth-order valence-corrected chi connectivity index (χ4v) is 3.77. The number of methoxy groups -OCH3 is 1. The van der Waals surface area contributed by atoms with E-state index in [0.717, 1.165) is 47.5 Å². The molecule has 0 unspecified atom stereocenters.